The zero-order valence-electron chi connectivity index (χ0n) is 7.80. The van der Waals surface area contributed by atoms with Crippen LogP contribution in [0.15, 0.2) is 18.2 Å². The molecule has 1 aromatic carbocycles. The summed E-state index contributed by atoms with van der Waals surface area (Å²) in [7, 11) is 1.12. The Hall–Kier alpha value is -1.98. The van der Waals surface area contributed by atoms with Crippen molar-refractivity contribution in [2.24, 2.45) is 0 Å². The van der Waals surface area contributed by atoms with Crippen LogP contribution in [0.4, 0.5) is 13.6 Å². The highest BCUT2D eigenvalue weighted by atomic mass is 19.1. The van der Waals surface area contributed by atoms with Crippen LogP contribution in [0.5, 0.6) is 0 Å². The maximum Gasteiger partial charge on any atom is 0.412 e. The van der Waals surface area contributed by atoms with Gasteiger partial charge in [-0.3, -0.25) is 10.7 Å². The average molecular weight is 214 g/mol. The Balaban J connectivity index is 2.86. The summed E-state index contributed by atoms with van der Waals surface area (Å²) >= 11 is 0. The Labute approximate surface area is 84.4 Å². The monoisotopic (exact) mass is 214 g/mol. The lowest BCUT2D eigenvalue weighted by Crippen LogP contribution is -2.30. The Morgan fingerprint density at radius 2 is 1.87 bits per heavy atom. The number of hydrogen-bond acceptors (Lipinski definition) is 3. The second-order valence-corrected chi connectivity index (χ2v) is 2.65. The van der Waals surface area contributed by atoms with Gasteiger partial charge in [-0.2, -0.15) is 0 Å². The fourth-order valence-electron chi connectivity index (χ4n) is 0.923. The van der Waals surface area contributed by atoms with Gasteiger partial charge < -0.3 is 4.74 Å². The van der Waals surface area contributed by atoms with E-state index < -0.39 is 23.6 Å². The number of carbonyl (C=O) groups excluding carboxylic acids is 1. The summed E-state index contributed by atoms with van der Waals surface area (Å²) in [5.41, 5.74) is -0.0714. The van der Waals surface area contributed by atoms with Crippen LogP contribution in [-0.2, 0) is 4.74 Å². The van der Waals surface area contributed by atoms with Gasteiger partial charge in [0.15, 0.2) is 0 Å². The molecular weight excluding hydrogens is 206 g/mol. The number of hydrogen-bond donors (Lipinski definition) is 2. The molecule has 0 aromatic heterocycles. The lowest BCUT2D eigenvalue weighted by atomic mass is 10.2. The Bertz CT molecular complexity index is 387. The molecule has 1 aromatic rings. The first-order chi connectivity index (χ1) is 7.02. The van der Waals surface area contributed by atoms with Crippen molar-refractivity contribution >= 4 is 11.9 Å². The molecule has 0 radical (unpaired) electrons. The molecule has 0 spiro atoms. The second-order valence-electron chi connectivity index (χ2n) is 2.65. The summed E-state index contributed by atoms with van der Waals surface area (Å²) in [6, 6.07) is 2.54. The standard InChI is InChI=1S/C9H8F2N2O2/c1-15-9(14)13-8(12)5-2-6(10)4-7(11)3-5/h2-4H,1H3,(H2,12,13,14). The van der Waals surface area contributed by atoms with Gasteiger partial charge in [0.2, 0.25) is 0 Å². The van der Waals surface area contributed by atoms with E-state index in [0.29, 0.717) is 6.07 Å². The number of amidine groups is 1. The molecule has 0 heterocycles. The van der Waals surface area contributed by atoms with E-state index >= 15 is 0 Å². The van der Waals surface area contributed by atoms with Crippen molar-refractivity contribution in [2.45, 2.75) is 0 Å². The van der Waals surface area contributed by atoms with Gasteiger partial charge in [-0.05, 0) is 12.1 Å². The van der Waals surface area contributed by atoms with Crippen molar-refractivity contribution in [3.63, 3.8) is 0 Å². The molecule has 2 N–H and O–H groups in total. The van der Waals surface area contributed by atoms with Crippen LogP contribution >= 0.6 is 0 Å². The maximum atomic E-state index is 12.7. The SMILES string of the molecule is COC(=O)NC(=N)c1cc(F)cc(F)c1. The summed E-state index contributed by atoms with van der Waals surface area (Å²) in [6.45, 7) is 0. The molecular formula is C9H8F2N2O2. The van der Waals surface area contributed by atoms with Crippen molar-refractivity contribution in [1.29, 1.82) is 5.41 Å². The molecule has 6 heteroatoms. The fourth-order valence-corrected chi connectivity index (χ4v) is 0.923. The van der Waals surface area contributed by atoms with Crippen molar-refractivity contribution in [2.75, 3.05) is 7.11 Å². The van der Waals surface area contributed by atoms with Gasteiger partial charge in [-0.1, -0.05) is 0 Å². The number of rotatable bonds is 1. The van der Waals surface area contributed by atoms with E-state index in [9.17, 15) is 13.6 Å². The predicted octanol–water partition coefficient (Wildman–Crippen LogP) is 1.65. The fraction of sp³-hybridized carbons (Fsp3) is 0.111. The highest BCUT2D eigenvalue weighted by Gasteiger charge is 2.08. The molecule has 80 valence electrons. The van der Waals surface area contributed by atoms with Crippen LogP contribution in [-0.4, -0.2) is 19.0 Å². The highest BCUT2D eigenvalue weighted by Crippen LogP contribution is 2.07. The van der Waals surface area contributed by atoms with Gasteiger partial charge in [-0.25, -0.2) is 13.6 Å². The van der Waals surface area contributed by atoms with Crippen LogP contribution in [0.1, 0.15) is 5.56 Å². The number of alkyl carbamates (subject to hydrolysis) is 1. The summed E-state index contributed by atoms with van der Waals surface area (Å²) in [6.07, 6.45) is -0.871. The van der Waals surface area contributed by atoms with E-state index in [0.717, 1.165) is 19.2 Å². The third kappa shape index (κ3) is 3.01. The summed E-state index contributed by atoms with van der Waals surface area (Å²) in [5.74, 6) is -2.07. The van der Waals surface area contributed by atoms with Crippen molar-refractivity contribution in [1.82, 2.24) is 5.32 Å². The second kappa shape index (κ2) is 4.50. The summed E-state index contributed by atoms with van der Waals surface area (Å²) in [5, 5.41) is 9.30. The van der Waals surface area contributed by atoms with Gasteiger partial charge in [0.05, 0.1) is 7.11 Å². The smallest absolute Gasteiger partial charge is 0.412 e. The minimum absolute atomic E-state index is 0.0714. The van der Waals surface area contributed by atoms with Gasteiger partial charge >= 0.3 is 6.09 Å². The van der Waals surface area contributed by atoms with E-state index in [4.69, 9.17) is 5.41 Å². The zero-order valence-corrected chi connectivity index (χ0v) is 7.80. The van der Waals surface area contributed by atoms with Gasteiger partial charge in [-0.15, -0.1) is 0 Å². The van der Waals surface area contributed by atoms with E-state index in [-0.39, 0.29) is 5.56 Å². The van der Waals surface area contributed by atoms with E-state index in [2.05, 4.69) is 4.74 Å². The predicted molar refractivity (Wildman–Crippen MR) is 48.7 cm³/mol. The number of methoxy groups -OCH3 is 1. The lowest BCUT2D eigenvalue weighted by molar-refractivity contribution is 0.177. The molecule has 0 saturated heterocycles. The van der Waals surface area contributed by atoms with E-state index in [1.165, 1.54) is 0 Å². The molecule has 15 heavy (non-hydrogen) atoms. The third-order valence-corrected chi connectivity index (χ3v) is 1.56. The first-order valence-corrected chi connectivity index (χ1v) is 3.93. The number of ether oxygens (including phenoxy) is 1. The van der Waals surface area contributed by atoms with Crippen LogP contribution < -0.4 is 5.32 Å². The topological polar surface area (TPSA) is 62.2 Å². The number of nitrogens with one attached hydrogen (secondary N) is 2. The van der Waals surface area contributed by atoms with Crippen molar-refractivity contribution in [3.05, 3.63) is 35.4 Å². The molecule has 1 rings (SSSR count). The normalized spacial score (nSPS) is 9.53. The largest absolute Gasteiger partial charge is 0.453 e. The van der Waals surface area contributed by atoms with Gasteiger partial charge in [0.25, 0.3) is 0 Å². The number of amides is 1. The van der Waals surface area contributed by atoms with Crippen LogP contribution in [0.2, 0.25) is 0 Å². The summed E-state index contributed by atoms with van der Waals surface area (Å²) < 4.78 is 29.7. The number of halogens is 2. The molecule has 0 bridgehead atoms. The molecule has 0 aliphatic heterocycles. The molecule has 0 aliphatic carbocycles. The van der Waals surface area contributed by atoms with E-state index in [1.807, 2.05) is 5.32 Å². The minimum atomic E-state index is -0.871. The molecule has 1 amide bonds. The third-order valence-electron chi connectivity index (χ3n) is 1.56. The highest BCUT2D eigenvalue weighted by molar-refractivity contribution is 6.04. The van der Waals surface area contributed by atoms with Crippen molar-refractivity contribution < 1.29 is 18.3 Å². The quantitative estimate of drug-likeness (QED) is 0.551. The number of benzene rings is 1. The molecule has 0 aliphatic rings. The Morgan fingerprint density at radius 1 is 1.33 bits per heavy atom. The van der Waals surface area contributed by atoms with Crippen molar-refractivity contribution in [3.8, 4) is 0 Å². The molecule has 0 fully saturated rings. The maximum absolute atomic E-state index is 12.7. The van der Waals surface area contributed by atoms with Gasteiger partial charge in [0.1, 0.15) is 17.5 Å². The lowest BCUT2D eigenvalue weighted by Gasteiger charge is -2.05. The molecule has 0 atom stereocenters. The minimum Gasteiger partial charge on any atom is -0.453 e. The van der Waals surface area contributed by atoms with Crippen LogP contribution in [0, 0.1) is 17.0 Å². The Morgan fingerprint density at radius 3 is 2.33 bits per heavy atom. The Kier molecular flexibility index (Phi) is 3.33. The average Bonchev–Trinajstić information content (AvgIpc) is 2.16. The summed E-state index contributed by atoms with van der Waals surface area (Å²) in [4.78, 5) is 10.7. The molecule has 0 saturated carbocycles. The van der Waals surface area contributed by atoms with Crippen LogP contribution in [0.3, 0.4) is 0 Å². The van der Waals surface area contributed by atoms with E-state index in [1.54, 1.807) is 0 Å². The first kappa shape index (κ1) is 11.1. The zero-order chi connectivity index (χ0) is 11.4. The number of carbonyl (C=O) groups is 1. The first-order valence-electron chi connectivity index (χ1n) is 3.93. The molecule has 0 unspecified atom stereocenters. The van der Waals surface area contributed by atoms with Gasteiger partial charge in [0, 0.05) is 11.6 Å². The molecule has 4 nitrogen and oxygen atoms in total. The van der Waals surface area contributed by atoms with Crippen LogP contribution in [0.25, 0.3) is 0 Å².